The number of rotatable bonds is 6. The van der Waals surface area contributed by atoms with E-state index in [2.05, 4.69) is 0 Å². The molecule has 0 aromatic heterocycles. The number of ether oxygens (including phenoxy) is 1. The van der Waals surface area contributed by atoms with Crippen molar-refractivity contribution in [1.29, 1.82) is 0 Å². The van der Waals surface area contributed by atoms with E-state index in [-0.39, 0.29) is 12.3 Å². The Morgan fingerprint density at radius 1 is 1.39 bits per heavy atom. The second kappa shape index (κ2) is 6.32. The minimum Gasteiger partial charge on any atom is -0.493 e. The molecule has 100 valence electrons. The number of nitrogens with zero attached hydrogens (tertiary/aromatic N) is 1. The van der Waals surface area contributed by atoms with Crippen LogP contribution in [0.15, 0.2) is 18.2 Å². The van der Waals surface area contributed by atoms with Crippen molar-refractivity contribution in [3.63, 3.8) is 0 Å². The first-order valence-corrected chi connectivity index (χ1v) is 5.69. The molecule has 1 rings (SSSR count). The van der Waals surface area contributed by atoms with Crippen molar-refractivity contribution >= 4 is 5.69 Å². The second-order valence-electron chi connectivity index (χ2n) is 4.14. The molecule has 0 aliphatic carbocycles. The molecule has 0 bridgehead atoms. The summed E-state index contributed by atoms with van der Waals surface area (Å²) in [6.07, 6.45) is -0.875. The first-order chi connectivity index (χ1) is 8.41. The van der Waals surface area contributed by atoms with E-state index in [1.165, 1.54) is 25.1 Å². The van der Waals surface area contributed by atoms with Crippen molar-refractivity contribution in [3.05, 3.63) is 33.9 Å². The molecule has 0 saturated carbocycles. The van der Waals surface area contributed by atoms with Crippen LogP contribution in [0.2, 0.25) is 0 Å². The van der Waals surface area contributed by atoms with Crippen molar-refractivity contribution in [2.45, 2.75) is 32.5 Å². The van der Waals surface area contributed by atoms with Crippen molar-refractivity contribution < 1.29 is 19.9 Å². The number of benzene rings is 1. The Morgan fingerprint density at radius 2 is 2.06 bits per heavy atom. The normalized spacial score (nSPS) is 14.0. The zero-order chi connectivity index (χ0) is 13.7. The molecular formula is C12H17NO5. The molecule has 0 amide bonds. The molecule has 2 atom stereocenters. The van der Waals surface area contributed by atoms with Crippen LogP contribution >= 0.6 is 0 Å². The van der Waals surface area contributed by atoms with E-state index in [1.54, 1.807) is 6.92 Å². The molecular weight excluding hydrogens is 238 g/mol. The summed E-state index contributed by atoms with van der Waals surface area (Å²) in [5.74, 6) is 0.399. The van der Waals surface area contributed by atoms with Crippen molar-refractivity contribution in [3.8, 4) is 5.75 Å². The molecule has 0 aliphatic heterocycles. The third-order valence-electron chi connectivity index (χ3n) is 2.45. The maximum absolute atomic E-state index is 10.6. The minimum atomic E-state index is -0.855. The van der Waals surface area contributed by atoms with E-state index in [0.29, 0.717) is 17.7 Å². The predicted molar refractivity (Wildman–Crippen MR) is 65.5 cm³/mol. The molecule has 6 heteroatoms. The number of nitro benzene ring substituents is 1. The monoisotopic (exact) mass is 255 g/mol. The smallest absolute Gasteiger partial charge is 0.270 e. The van der Waals surface area contributed by atoms with Gasteiger partial charge in [-0.1, -0.05) is 0 Å². The number of aliphatic hydroxyl groups excluding tert-OH is 2. The van der Waals surface area contributed by atoms with Gasteiger partial charge in [0.2, 0.25) is 0 Å². The summed E-state index contributed by atoms with van der Waals surface area (Å²) in [7, 11) is 0. The number of non-ortho nitro benzene ring substituents is 1. The summed E-state index contributed by atoms with van der Waals surface area (Å²) < 4.78 is 5.40. The molecule has 18 heavy (non-hydrogen) atoms. The predicted octanol–water partition coefficient (Wildman–Crippen LogP) is 1.80. The van der Waals surface area contributed by atoms with E-state index in [0.717, 1.165) is 0 Å². The van der Waals surface area contributed by atoms with Crippen LogP contribution in [0.25, 0.3) is 0 Å². The number of hydrogen-bond donors (Lipinski definition) is 2. The second-order valence-corrected chi connectivity index (χ2v) is 4.14. The molecule has 1 unspecified atom stereocenters. The van der Waals surface area contributed by atoms with Crippen LogP contribution in [-0.2, 0) is 0 Å². The highest BCUT2D eigenvalue weighted by atomic mass is 16.6. The molecule has 1 aromatic rings. The Kier molecular flexibility index (Phi) is 5.06. The van der Waals surface area contributed by atoms with Crippen LogP contribution in [0.5, 0.6) is 5.75 Å². The van der Waals surface area contributed by atoms with Gasteiger partial charge in [-0.2, -0.15) is 0 Å². The van der Waals surface area contributed by atoms with Gasteiger partial charge < -0.3 is 14.9 Å². The van der Waals surface area contributed by atoms with Gasteiger partial charge in [0.05, 0.1) is 23.7 Å². The highest BCUT2D eigenvalue weighted by Gasteiger charge is 2.15. The fourth-order valence-corrected chi connectivity index (χ4v) is 1.45. The molecule has 0 heterocycles. The van der Waals surface area contributed by atoms with Crippen LogP contribution < -0.4 is 4.74 Å². The van der Waals surface area contributed by atoms with Gasteiger partial charge in [0.25, 0.3) is 5.69 Å². The first-order valence-electron chi connectivity index (χ1n) is 5.69. The Morgan fingerprint density at radius 3 is 2.56 bits per heavy atom. The summed E-state index contributed by atoms with van der Waals surface area (Å²) in [6, 6.07) is 4.08. The van der Waals surface area contributed by atoms with E-state index >= 15 is 0 Å². The average molecular weight is 255 g/mol. The van der Waals surface area contributed by atoms with Crippen LogP contribution in [0.1, 0.15) is 31.9 Å². The molecule has 6 nitrogen and oxygen atoms in total. The summed E-state index contributed by atoms with van der Waals surface area (Å²) >= 11 is 0. The fraction of sp³-hybridized carbons (Fsp3) is 0.500. The molecule has 0 radical (unpaired) electrons. The van der Waals surface area contributed by atoms with Gasteiger partial charge in [-0.3, -0.25) is 10.1 Å². The van der Waals surface area contributed by atoms with Crippen LogP contribution in [0.3, 0.4) is 0 Å². The topological polar surface area (TPSA) is 92.8 Å². The zero-order valence-corrected chi connectivity index (χ0v) is 10.4. The van der Waals surface area contributed by atoms with Crippen LogP contribution in [0.4, 0.5) is 5.69 Å². The summed E-state index contributed by atoms with van der Waals surface area (Å²) in [6.45, 7) is 3.45. The largest absolute Gasteiger partial charge is 0.493 e. The van der Waals surface area contributed by atoms with Gasteiger partial charge in [0, 0.05) is 24.1 Å². The van der Waals surface area contributed by atoms with Crippen molar-refractivity contribution in [2.24, 2.45) is 0 Å². The van der Waals surface area contributed by atoms with E-state index in [4.69, 9.17) is 9.84 Å². The van der Waals surface area contributed by atoms with Crippen LogP contribution in [-0.4, -0.2) is 27.8 Å². The van der Waals surface area contributed by atoms with Crippen LogP contribution in [0, 0.1) is 10.1 Å². The maximum atomic E-state index is 10.6. The van der Waals surface area contributed by atoms with Crippen molar-refractivity contribution in [1.82, 2.24) is 0 Å². The Labute approximate surface area is 105 Å². The number of aliphatic hydroxyl groups is 2. The first kappa shape index (κ1) is 14.4. The third kappa shape index (κ3) is 3.97. The molecule has 0 fully saturated rings. The lowest BCUT2D eigenvalue weighted by molar-refractivity contribution is -0.385. The molecule has 0 spiro atoms. The van der Waals surface area contributed by atoms with Crippen molar-refractivity contribution in [2.75, 3.05) is 6.61 Å². The van der Waals surface area contributed by atoms with Gasteiger partial charge in [-0.25, -0.2) is 0 Å². The van der Waals surface area contributed by atoms with Gasteiger partial charge in [-0.15, -0.1) is 0 Å². The lowest BCUT2D eigenvalue weighted by atomic mass is 10.1. The molecule has 0 saturated heterocycles. The van der Waals surface area contributed by atoms with Gasteiger partial charge in [0.1, 0.15) is 5.75 Å². The van der Waals surface area contributed by atoms with E-state index in [9.17, 15) is 15.2 Å². The van der Waals surface area contributed by atoms with Gasteiger partial charge in [-0.05, 0) is 19.9 Å². The Hall–Kier alpha value is -1.66. The molecule has 0 aliphatic rings. The lowest BCUT2D eigenvalue weighted by Crippen LogP contribution is -2.09. The lowest BCUT2D eigenvalue weighted by Gasteiger charge is -2.13. The minimum absolute atomic E-state index is 0.0891. The molecule has 2 N–H and O–H groups in total. The van der Waals surface area contributed by atoms with E-state index in [1.807, 2.05) is 0 Å². The Bertz CT molecular complexity index is 417. The highest BCUT2D eigenvalue weighted by Crippen LogP contribution is 2.29. The van der Waals surface area contributed by atoms with Gasteiger partial charge >= 0.3 is 0 Å². The quantitative estimate of drug-likeness (QED) is 0.597. The Balaban J connectivity index is 2.86. The van der Waals surface area contributed by atoms with Gasteiger partial charge in [0.15, 0.2) is 0 Å². The molecule has 1 aromatic carbocycles. The number of nitro groups is 1. The average Bonchev–Trinajstić information content (AvgIpc) is 2.28. The highest BCUT2D eigenvalue weighted by molar-refractivity contribution is 5.44. The maximum Gasteiger partial charge on any atom is 0.270 e. The summed E-state index contributed by atoms with van der Waals surface area (Å²) in [5, 5.41) is 29.3. The summed E-state index contributed by atoms with van der Waals surface area (Å²) in [4.78, 5) is 10.1. The zero-order valence-electron chi connectivity index (χ0n) is 10.4. The SMILES string of the molecule is CC(O)CCOc1ccc([N+](=O)[O-])cc1[C@H](C)O. The third-order valence-corrected chi connectivity index (χ3v) is 2.45. The fourth-order valence-electron chi connectivity index (χ4n) is 1.45. The summed E-state index contributed by atoms with van der Waals surface area (Å²) in [5.41, 5.74) is 0.281. The van der Waals surface area contributed by atoms with E-state index < -0.39 is 17.1 Å². The number of hydrogen-bond acceptors (Lipinski definition) is 5. The standard InChI is InChI=1S/C12H17NO5/c1-8(14)5-6-18-12-4-3-10(13(16)17)7-11(12)9(2)15/h3-4,7-9,14-15H,5-6H2,1-2H3/t8?,9-/m0/s1.